The summed E-state index contributed by atoms with van der Waals surface area (Å²) in [6.45, 7) is 8.07. The molecular formula is C24H39ClN4O6S. The summed E-state index contributed by atoms with van der Waals surface area (Å²) in [7, 11) is -4.08. The molecule has 0 aromatic heterocycles. The maximum absolute atomic E-state index is 13.7. The Bertz CT molecular complexity index is 973. The molecule has 2 heterocycles. The van der Waals surface area contributed by atoms with Crippen LogP contribution in [0.1, 0.15) is 46.5 Å². The van der Waals surface area contributed by atoms with E-state index in [1.54, 1.807) is 24.2 Å². The van der Waals surface area contributed by atoms with Crippen molar-refractivity contribution in [1.29, 1.82) is 0 Å². The molecule has 10 nitrogen and oxygen atoms in total. The van der Waals surface area contributed by atoms with Gasteiger partial charge >= 0.3 is 0 Å². The van der Waals surface area contributed by atoms with Gasteiger partial charge in [0, 0.05) is 50.9 Å². The number of halogens is 1. The van der Waals surface area contributed by atoms with Gasteiger partial charge < -0.3 is 14.5 Å². The van der Waals surface area contributed by atoms with Gasteiger partial charge in [0.05, 0.1) is 6.61 Å². The minimum atomic E-state index is -4.08. The van der Waals surface area contributed by atoms with Crippen LogP contribution in [0.3, 0.4) is 0 Å². The zero-order valence-electron chi connectivity index (χ0n) is 21.3. The number of likely N-dealkylation sites (tertiary alicyclic amines) is 1. The Kier molecular flexibility index (Phi) is 10.8. The highest BCUT2D eigenvalue weighted by Crippen LogP contribution is 2.35. The van der Waals surface area contributed by atoms with Crippen LogP contribution in [-0.4, -0.2) is 85.3 Å². The first-order valence-corrected chi connectivity index (χ1v) is 13.8. The number of piperidine rings is 1. The van der Waals surface area contributed by atoms with E-state index < -0.39 is 20.7 Å². The summed E-state index contributed by atoms with van der Waals surface area (Å²) in [5, 5.41) is 9.38. The molecule has 2 amide bonds. The number of piperazine rings is 1. The van der Waals surface area contributed by atoms with Crippen LogP contribution in [0.4, 0.5) is 5.69 Å². The number of rotatable bonds is 9. The number of sulfonamides is 1. The predicted octanol–water partition coefficient (Wildman–Crippen LogP) is 2.26. The molecule has 0 unspecified atom stereocenters. The third-order valence-electron chi connectivity index (χ3n) is 6.93. The minimum absolute atomic E-state index is 0. The molecule has 0 atom stereocenters. The van der Waals surface area contributed by atoms with E-state index in [1.807, 2.05) is 24.3 Å². The van der Waals surface area contributed by atoms with E-state index in [2.05, 4.69) is 11.8 Å². The van der Waals surface area contributed by atoms with Gasteiger partial charge in [-0.15, -0.1) is 12.4 Å². The number of amides is 2. The van der Waals surface area contributed by atoms with E-state index >= 15 is 0 Å². The summed E-state index contributed by atoms with van der Waals surface area (Å²) >= 11 is 0. The summed E-state index contributed by atoms with van der Waals surface area (Å²) in [5.41, 5.74) is 2.55. The highest BCUT2D eigenvalue weighted by Gasteiger charge is 2.55. The van der Waals surface area contributed by atoms with Crippen molar-refractivity contribution in [1.82, 2.24) is 14.7 Å². The van der Waals surface area contributed by atoms with E-state index in [4.69, 9.17) is 4.74 Å². The molecule has 0 radical (unpaired) electrons. The summed E-state index contributed by atoms with van der Waals surface area (Å²) in [5.74, 6) is -0.412. The van der Waals surface area contributed by atoms with Gasteiger partial charge in [-0.1, -0.05) is 27.2 Å². The van der Waals surface area contributed by atoms with Crippen LogP contribution in [0.2, 0.25) is 0 Å². The zero-order valence-corrected chi connectivity index (χ0v) is 22.9. The van der Waals surface area contributed by atoms with Crippen molar-refractivity contribution in [2.24, 2.45) is 5.92 Å². The average Bonchev–Trinajstić information content (AvgIpc) is 2.88. The Morgan fingerprint density at radius 3 is 2.14 bits per heavy atom. The number of anilines is 1. The fourth-order valence-corrected chi connectivity index (χ4v) is 6.80. The van der Waals surface area contributed by atoms with Crippen molar-refractivity contribution in [3.63, 3.8) is 0 Å². The molecule has 2 N–H and O–H groups in total. The normalized spacial score (nSPS) is 18.5. The SMILES string of the molecule is CCCCOc1ccc(N2CCN(S(=O)(=O)C3(C(=O)NO)CCN(C(=O)C(C)C)CC3)CC2)cc1.Cl. The van der Waals surface area contributed by atoms with Crippen LogP contribution in [0.25, 0.3) is 0 Å². The Balaban J connectivity index is 0.00000456. The van der Waals surface area contributed by atoms with Gasteiger partial charge in [-0.3, -0.25) is 14.8 Å². The Morgan fingerprint density at radius 1 is 1.06 bits per heavy atom. The number of ether oxygens (including phenoxy) is 1. The number of hydrogen-bond acceptors (Lipinski definition) is 7. The Morgan fingerprint density at radius 2 is 1.64 bits per heavy atom. The molecule has 204 valence electrons. The molecule has 1 aromatic rings. The van der Waals surface area contributed by atoms with Crippen molar-refractivity contribution >= 4 is 39.9 Å². The smallest absolute Gasteiger partial charge is 0.266 e. The van der Waals surface area contributed by atoms with Crippen molar-refractivity contribution < 1.29 is 28.0 Å². The van der Waals surface area contributed by atoms with Crippen LogP contribution >= 0.6 is 12.4 Å². The van der Waals surface area contributed by atoms with Gasteiger partial charge in [0.25, 0.3) is 5.91 Å². The lowest BCUT2D eigenvalue weighted by Crippen LogP contribution is -2.64. The number of carbonyl (C=O) groups excluding carboxylic acids is 2. The molecule has 1 aromatic carbocycles. The summed E-state index contributed by atoms with van der Waals surface area (Å²) in [6, 6.07) is 7.77. The molecule has 2 fully saturated rings. The standard InChI is InChI=1S/C24H38N4O6S.ClH/c1-4-5-18-34-21-8-6-20(7-9-21)26-14-16-28(17-15-26)35(32,33)24(23(30)25-31)10-12-27(13-11-24)22(29)19(2)3;/h6-9,19,31H,4-5,10-18H2,1-3H3,(H,25,30);1H. The average molecular weight is 547 g/mol. The first-order valence-electron chi connectivity index (χ1n) is 12.4. The van der Waals surface area contributed by atoms with Crippen LogP contribution in [0, 0.1) is 5.92 Å². The number of hydroxylamine groups is 1. The van der Waals surface area contributed by atoms with Crippen molar-refractivity contribution in [2.75, 3.05) is 50.8 Å². The number of nitrogens with zero attached hydrogens (tertiary/aromatic N) is 3. The zero-order chi connectivity index (χ0) is 25.6. The van der Waals surface area contributed by atoms with Crippen LogP contribution < -0.4 is 15.1 Å². The summed E-state index contributed by atoms with van der Waals surface area (Å²) in [4.78, 5) is 28.8. The molecule has 0 aliphatic carbocycles. The third kappa shape index (κ3) is 6.24. The second-order valence-electron chi connectivity index (χ2n) is 9.50. The van der Waals surface area contributed by atoms with Gasteiger partial charge in [0.1, 0.15) is 5.75 Å². The molecule has 2 aliphatic rings. The first kappa shape index (κ1) is 30.1. The predicted molar refractivity (Wildman–Crippen MR) is 140 cm³/mol. The number of hydrogen-bond donors (Lipinski definition) is 2. The highest BCUT2D eigenvalue weighted by atomic mass is 35.5. The van der Waals surface area contributed by atoms with E-state index in [-0.39, 0.29) is 63.3 Å². The Hall–Kier alpha value is -2.08. The van der Waals surface area contributed by atoms with E-state index in [0.717, 1.165) is 24.3 Å². The molecule has 0 spiro atoms. The first-order chi connectivity index (χ1) is 16.7. The molecule has 36 heavy (non-hydrogen) atoms. The summed E-state index contributed by atoms with van der Waals surface area (Å²) in [6.07, 6.45) is 1.96. The van der Waals surface area contributed by atoms with Gasteiger partial charge in [-0.05, 0) is 43.5 Å². The third-order valence-corrected chi connectivity index (χ3v) is 9.56. The molecule has 2 aliphatic heterocycles. The quantitative estimate of drug-likeness (QED) is 0.277. The van der Waals surface area contributed by atoms with Crippen molar-refractivity contribution in [2.45, 2.75) is 51.2 Å². The van der Waals surface area contributed by atoms with E-state index in [0.29, 0.717) is 19.7 Å². The maximum Gasteiger partial charge on any atom is 0.266 e. The number of benzene rings is 1. The van der Waals surface area contributed by atoms with Crippen LogP contribution in [-0.2, 0) is 19.6 Å². The molecule has 0 bridgehead atoms. The molecule has 3 rings (SSSR count). The Labute approximate surface area is 220 Å². The van der Waals surface area contributed by atoms with Crippen molar-refractivity contribution in [3.05, 3.63) is 24.3 Å². The van der Waals surface area contributed by atoms with Gasteiger partial charge in [-0.25, -0.2) is 13.9 Å². The number of nitrogens with one attached hydrogen (secondary N) is 1. The molecular weight excluding hydrogens is 508 g/mol. The number of unbranched alkanes of at least 4 members (excludes halogenated alkanes) is 1. The van der Waals surface area contributed by atoms with Crippen LogP contribution in [0.15, 0.2) is 24.3 Å². The fraction of sp³-hybridized carbons (Fsp3) is 0.667. The highest BCUT2D eigenvalue weighted by molar-refractivity contribution is 7.91. The monoisotopic (exact) mass is 546 g/mol. The van der Waals surface area contributed by atoms with Gasteiger partial charge in [0.15, 0.2) is 4.75 Å². The van der Waals surface area contributed by atoms with E-state index in [9.17, 15) is 23.2 Å². The largest absolute Gasteiger partial charge is 0.494 e. The second-order valence-corrected chi connectivity index (χ2v) is 11.8. The van der Waals surface area contributed by atoms with Gasteiger partial charge in [0.2, 0.25) is 15.9 Å². The lowest BCUT2D eigenvalue weighted by Gasteiger charge is -2.44. The second kappa shape index (κ2) is 12.9. The lowest BCUT2D eigenvalue weighted by atomic mass is 9.94. The van der Waals surface area contributed by atoms with E-state index in [1.165, 1.54) is 4.31 Å². The minimum Gasteiger partial charge on any atom is -0.494 e. The lowest BCUT2D eigenvalue weighted by molar-refractivity contribution is -0.139. The molecule has 0 saturated carbocycles. The van der Waals surface area contributed by atoms with Crippen molar-refractivity contribution in [3.8, 4) is 5.75 Å². The maximum atomic E-state index is 13.7. The summed E-state index contributed by atoms with van der Waals surface area (Å²) < 4.78 is 32.7. The molecule has 2 saturated heterocycles. The fourth-order valence-electron chi connectivity index (χ4n) is 4.68. The van der Waals surface area contributed by atoms with Gasteiger partial charge in [-0.2, -0.15) is 4.31 Å². The molecule has 12 heteroatoms. The number of carbonyl (C=O) groups is 2. The topological polar surface area (TPSA) is 119 Å². The van der Waals surface area contributed by atoms with Crippen LogP contribution in [0.5, 0.6) is 5.75 Å².